The molecule has 0 bridgehead atoms. The Balaban J connectivity index is 2.83. The van der Waals surface area contributed by atoms with Gasteiger partial charge in [0.15, 0.2) is 0 Å². The highest BCUT2D eigenvalue weighted by Gasteiger charge is 2.45. The Bertz CT molecular complexity index is 422. The summed E-state index contributed by atoms with van der Waals surface area (Å²) < 4.78 is 4.80. The van der Waals surface area contributed by atoms with Gasteiger partial charge in [0.1, 0.15) is 12.6 Å². The minimum atomic E-state index is -1.02. The number of hydrogen-bond donors (Lipinski definition) is 1. The van der Waals surface area contributed by atoms with Gasteiger partial charge in [0.2, 0.25) is 0 Å². The van der Waals surface area contributed by atoms with Crippen LogP contribution in [0.4, 0.5) is 4.79 Å². The molecular weight excluding hydrogens is 276 g/mol. The van der Waals surface area contributed by atoms with Crippen LogP contribution in [0.15, 0.2) is 0 Å². The number of carbonyl (C=O) groups excluding carboxylic acids is 2. The quantitative estimate of drug-likeness (QED) is 0.788. The molecule has 1 heterocycles. The second-order valence-corrected chi connectivity index (χ2v) is 5.97. The lowest BCUT2D eigenvalue weighted by Crippen LogP contribution is -2.59. The van der Waals surface area contributed by atoms with Gasteiger partial charge in [0, 0.05) is 13.6 Å². The molecule has 21 heavy (non-hydrogen) atoms. The highest BCUT2D eigenvalue weighted by atomic mass is 16.5. The van der Waals surface area contributed by atoms with E-state index in [1.165, 1.54) is 16.8 Å². The summed E-state index contributed by atoms with van der Waals surface area (Å²) in [5.41, 5.74) is -0.496. The normalized spacial score (nSPS) is 20.8. The molecule has 1 atom stereocenters. The molecular formula is C14H24N2O5. The third-order valence-corrected chi connectivity index (χ3v) is 3.75. The number of piperidine rings is 1. The Hall–Kier alpha value is -1.79. The number of likely N-dealkylation sites (tertiary alicyclic amines) is 1. The Morgan fingerprint density at radius 2 is 2.00 bits per heavy atom. The molecule has 1 saturated heterocycles. The Labute approximate surface area is 124 Å². The van der Waals surface area contributed by atoms with E-state index in [1.807, 2.05) is 13.8 Å². The maximum Gasteiger partial charge on any atom is 0.327 e. The van der Waals surface area contributed by atoms with Crippen molar-refractivity contribution in [3.63, 3.8) is 0 Å². The van der Waals surface area contributed by atoms with Crippen LogP contribution in [-0.4, -0.2) is 65.7 Å². The third kappa shape index (κ3) is 4.09. The first kappa shape index (κ1) is 17.3. The summed E-state index contributed by atoms with van der Waals surface area (Å²) in [5.74, 6) is -1.52. The van der Waals surface area contributed by atoms with Crippen molar-refractivity contribution in [2.75, 3.05) is 26.7 Å². The summed E-state index contributed by atoms with van der Waals surface area (Å²) in [4.78, 5) is 37.9. The molecule has 0 aliphatic carbocycles. The van der Waals surface area contributed by atoms with Gasteiger partial charge in [0.25, 0.3) is 0 Å². The number of likely N-dealkylation sites (N-methyl/N-ethyl adjacent to an activating group) is 1. The molecule has 7 heteroatoms. The van der Waals surface area contributed by atoms with Gasteiger partial charge in [-0.25, -0.2) is 9.59 Å². The van der Waals surface area contributed by atoms with Crippen LogP contribution in [0.1, 0.15) is 33.6 Å². The van der Waals surface area contributed by atoms with E-state index in [0.29, 0.717) is 6.54 Å². The number of amides is 2. The topological polar surface area (TPSA) is 87.2 Å². The van der Waals surface area contributed by atoms with E-state index in [1.54, 1.807) is 6.92 Å². The molecule has 0 saturated carbocycles. The summed E-state index contributed by atoms with van der Waals surface area (Å²) in [7, 11) is 1.47. The molecule has 7 nitrogen and oxygen atoms in total. The van der Waals surface area contributed by atoms with Crippen molar-refractivity contribution in [2.24, 2.45) is 5.41 Å². The smallest absolute Gasteiger partial charge is 0.327 e. The fourth-order valence-electron chi connectivity index (χ4n) is 2.75. The van der Waals surface area contributed by atoms with Crippen LogP contribution >= 0.6 is 0 Å². The van der Waals surface area contributed by atoms with Gasteiger partial charge in [-0.1, -0.05) is 13.8 Å². The lowest BCUT2D eigenvalue weighted by molar-refractivity contribution is -0.148. The lowest BCUT2D eigenvalue weighted by Gasteiger charge is -2.44. The fraction of sp³-hybridized carbons (Fsp3) is 0.786. The first-order valence-electron chi connectivity index (χ1n) is 7.11. The minimum absolute atomic E-state index is 0.185. The number of carbonyl (C=O) groups is 3. The molecule has 2 amide bonds. The van der Waals surface area contributed by atoms with Crippen LogP contribution < -0.4 is 0 Å². The van der Waals surface area contributed by atoms with Gasteiger partial charge in [-0.15, -0.1) is 0 Å². The molecule has 0 radical (unpaired) electrons. The van der Waals surface area contributed by atoms with Crippen molar-refractivity contribution in [1.82, 2.24) is 9.80 Å². The average molecular weight is 300 g/mol. The number of aliphatic carboxylic acids is 1. The van der Waals surface area contributed by atoms with E-state index < -0.39 is 29.4 Å². The molecule has 1 fully saturated rings. The molecule has 120 valence electrons. The van der Waals surface area contributed by atoms with Gasteiger partial charge in [-0.3, -0.25) is 4.79 Å². The fourth-order valence-corrected chi connectivity index (χ4v) is 2.75. The molecule has 1 rings (SSSR count). The van der Waals surface area contributed by atoms with Crippen molar-refractivity contribution in [2.45, 2.75) is 39.7 Å². The minimum Gasteiger partial charge on any atom is -0.480 e. The summed E-state index contributed by atoms with van der Waals surface area (Å²) >= 11 is 0. The van der Waals surface area contributed by atoms with Crippen LogP contribution in [0, 0.1) is 5.41 Å². The van der Waals surface area contributed by atoms with E-state index in [4.69, 9.17) is 4.74 Å². The van der Waals surface area contributed by atoms with E-state index in [-0.39, 0.29) is 13.2 Å². The molecule has 1 aliphatic heterocycles. The van der Waals surface area contributed by atoms with Gasteiger partial charge in [-0.05, 0) is 25.2 Å². The monoisotopic (exact) mass is 300 g/mol. The number of carboxylic acids is 1. The highest BCUT2D eigenvalue weighted by Crippen LogP contribution is 2.35. The van der Waals surface area contributed by atoms with E-state index in [2.05, 4.69) is 0 Å². The number of urea groups is 1. The number of carboxylic acid groups (broad SMARTS) is 1. The van der Waals surface area contributed by atoms with Gasteiger partial charge in [0.05, 0.1) is 6.61 Å². The van der Waals surface area contributed by atoms with E-state index in [0.717, 1.165) is 12.8 Å². The van der Waals surface area contributed by atoms with E-state index in [9.17, 15) is 19.5 Å². The van der Waals surface area contributed by atoms with E-state index >= 15 is 0 Å². The van der Waals surface area contributed by atoms with Crippen molar-refractivity contribution in [3.05, 3.63) is 0 Å². The van der Waals surface area contributed by atoms with Crippen molar-refractivity contribution < 1.29 is 24.2 Å². The van der Waals surface area contributed by atoms with Gasteiger partial charge >= 0.3 is 18.0 Å². The lowest BCUT2D eigenvalue weighted by atomic mass is 9.76. The van der Waals surface area contributed by atoms with Gasteiger partial charge < -0.3 is 19.6 Å². The first-order valence-corrected chi connectivity index (χ1v) is 7.11. The zero-order valence-electron chi connectivity index (χ0n) is 13.1. The second kappa shape index (κ2) is 6.78. The second-order valence-electron chi connectivity index (χ2n) is 5.97. The number of esters is 1. The maximum atomic E-state index is 12.4. The Morgan fingerprint density at radius 3 is 2.52 bits per heavy atom. The molecule has 0 spiro atoms. The summed E-state index contributed by atoms with van der Waals surface area (Å²) in [6.07, 6.45) is 1.49. The van der Waals surface area contributed by atoms with Gasteiger partial charge in [-0.2, -0.15) is 0 Å². The average Bonchev–Trinajstić information content (AvgIpc) is 2.35. The summed E-state index contributed by atoms with van der Waals surface area (Å²) in [6, 6.07) is -1.34. The van der Waals surface area contributed by atoms with Crippen molar-refractivity contribution in [3.8, 4) is 0 Å². The molecule has 0 aromatic heterocycles. The molecule has 1 unspecified atom stereocenters. The van der Waals surface area contributed by atoms with Crippen molar-refractivity contribution in [1.29, 1.82) is 0 Å². The molecule has 0 aromatic carbocycles. The van der Waals surface area contributed by atoms with Crippen LogP contribution in [0.5, 0.6) is 0 Å². The molecule has 0 aromatic rings. The van der Waals surface area contributed by atoms with Crippen LogP contribution in [0.2, 0.25) is 0 Å². The standard InChI is InChI=1S/C14H24N2O5/c1-5-21-10(17)9-15(4)13(20)16-8-6-7-14(2,3)11(16)12(18)19/h11H,5-9H2,1-4H3,(H,18,19). The largest absolute Gasteiger partial charge is 0.480 e. The number of nitrogens with zero attached hydrogens (tertiary/aromatic N) is 2. The zero-order chi connectivity index (χ0) is 16.2. The van der Waals surface area contributed by atoms with Crippen molar-refractivity contribution >= 4 is 18.0 Å². The number of ether oxygens (including phenoxy) is 1. The Morgan fingerprint density at radius 1 is 1.38 bits per heavy atom. The zero-order valence-corrected chi connectivity index (χ0v) is 13.1. The first-order chi connectivity index (χ1) is 9.70. The summed E-state index contributed by atoms with van der Waals surface area (Å²) in [5, 5.41) is 9.44. The predicted octanol–water partition coefficient (Wildman–Crippen LogP) is 1.18. The predicted molar refractivity (Wildman–Crippen MR) is 75.8 cm³/mol. The third-order valence-electron chi connectivity index (χ3n) is 3.75. The SMILES string of the molecule is CCOC(=O)CN(C)C(=O)N1CCCC(C)(C)C1C(=O)O. The Kier molecular flexibility index (Phi) is 5.57. The summed E-state index contributed by atoms with van der Waals surface area (Å²) in [6.45, 7) is 5.82. The maximum absolute atomic E-state index is 12.4. The van der Waals surface area contributed by atoms with Crippen LogP contribution in [-0.2, 0) is 14.3 Å². The van der Waals surface area contributed by atoms with Crippen LogP contribution in [0.25, 0.3) is 0 Å². The highest BCUT2D eigenvalue weighted by molar-refractivity contribution is 5.85. The molecule has 1 aliphatic rings. The number of hydrogen-bond acceptors (Lipinski definition) is 4. The number of rotatable bonds is 4. The molecule has 1 N–H and O–H groups in total. The van der Waals surface area contributed by atoms with Crippen LogP contribution in [0.3, 0.4) is 0 Å².